The van der Waals surface area contributed by atoms with Gasteiger partial charge < -0.3 is 9.80 Å². The zero-order chi connectivity index (χ0) is 22.4. The number of piperazine rings is 1. The molecule has 1 heterocycles. The first kappa shape index (κ1) is 23.2. The van der Waals surface area contributed by atoms with E-state index in [0.717, 1.165) is 18.5 Å². The van der Waals surface area contributed by atoms with Crippen molar-refractivity contribution in [3.8, 4) is 0 Å². The lowest BCUT2D eigenvalue weighted by molar-refractivity contribution is 0.0755. The molecule has 31 heavy (non-hydrogen) atoms. The quantitative estimate of drug-likeness (QED) is 0.620. The monoisotopic (exact) mass is 447 g/mol. The molecule has 6 nitrogen and oxygen atoms in total. The fourth-order valence-corrected chi connectivity index (χ4v) is 5.28. The van der Waals surface area contributed by atoms with Gasteiger partial charge in [-0.05, 0) is 55.3 Å². The Morgan fingerprint density at radius 2 is 1.58 bits per heavy atom. The number of carbonyl (C=O) groups excluding carboxylic acids is 1. The molecule has 168 valence electrons. The molecular weight excluding hydrogens is 417 g/mol. The summed E-state index contributed by atoms with van der Waals surface area (Å²) in [5, 5.41) is 0. The number of nitrogens with zero attached hydrogens (tertiary/aromatic N) is 3. The standard InChI is InChI=1S/C23H30FN3O3S/c1-3-12-26(13-4-2)23(28)19-6-5-7-22(18-19)31(29,30)27-16-14-25(15-17-27)21-10-8-20(24)9-11-21/h5-11,18H,3-4,12-17H2,1-2H3. The first-order chi connectivity index (χ1) is 14.9. The van der Waals surface area contributed by atoms with Gasteiger partial charge in [-0.3, -0.25) is 4.79 Å². The fourth-order valence-electron chi connectivity index (χ4n) is 3.81. The number of sulfonamides is 1. The van der Waals surface area contributed by atoms with Gasteiger partial charge in [0, 0.05) is 50.5 Å². The number of carbonyl (C=O) groups is 1. The molecule has 2 aromatic carbocycles. The molecule has 0 radical (unpaired) electrons. The smallest absolute Gasteiger partial charge is 0.253 e. The largest absolute Gasteiger partial charge is 0.369 e. The second-order valence-electron chi connectivity index (χ2n) is 7.69. The Bertz CT molecular complexity index is 981. The number of hydrogen-bond acceptors (Lipinski definition) is 4. The highest BCUT2D eigenvalue weighted by Gasteiger charge is 2.29. The minimum absolute atomic E-state index is 0.137. The third-order valence-corrected chi connectivity index (χ3v) is 7.32. The van der Waals surface area contributed by atoms with Gasteiger partial charge in [0.15, 0.2) is 0 Å². The maximum Gasteiger partial charge on any atom is 0.253 e. The normalized spacial score (nSPS) is 15.1. The van der Waals surface area contributed by atoms with Crippen LogP contribution in [0.2, 0.25) is 0 Å². The Kier molecular flexibility index (Phi) is 7.67. The van der Waals surface area contributed by atoms with Crippen molar-refractivity contribution in [1.29, 1.82) is 0 Å². The van der Waals surface area contributed by atoms with Gasteiger partial charge in [-0.1, -0.05) is 19.9 Å². The van der Waals surface area contributed by atoms with E-state index in [0.29, 0.717) is 44.8 Å². The average Bonchev–Trinajstić information content (AvgIpc) is 2.79. The van der Waals surface area contributed by atoms with E-state index in [2.05, 4.69) is 0 Å². The minimum atomic E-state index is -3.70. The maximum atomic E-state index is 13.2. The average molecular weight is 448 g/mol. The van der Waals surface area contributed by atoms with Crippen LogP contribution in [0.5, 0.6) is 0 Å². The maximum absolute atomic E-state index is 13.2. The zero-order valence-corrected chi connectivity index (χ0v) is 18.9. The third-order valence-electron chi connectivity index (χ3n) is 5.42. The lowest BCUT2D eigenvalue weighted by Crippen LogP contribution is -2.48. The highest BCUT2D eigenvalue weighted by molar-refractivity contribution is 7.89. The van der Waals surface area contributed by atoms with Crippen LogP contribution in [0.25, 0.3) is 0 Å². The molecule has 8 heteroatoms. The molecule has 1 aliphatic heterocycles. The van der Waals surface area contributed by atoms with E-state index in [4.69, 9.17) is 0 Å². The molecule has 2 aromatic rings. The van der Waals surface area contributed by atoms with E-state index in [-0.39, 0.29) is 16.6 Å². The topological polar surface area (TPSA) is 60.9 Å². The van der Waals surface area contributed by atoms with Crippen molar-refractivity contribution < 1.29 is 17.6 Å². The second kappa shape index (κ2) is 10.2. The lowest BCUT2D eigenvalue weighted by atomic mass is 10.2. The van der Waals surface area contributed by atoms with Crippen molar-refractivity contribution in [3.63, 3.8) is 0 Å². The van der Waals surface area contributed by atoms with Crippen molar-refractivity contribution >= 4 is 21.6 Å². The zero-order valence-electron chi connectivity index (χ0n) is 18.1. The fraction of sp³-hybridized carbons (Fsp3) is 0.435. The summed E-state index contributed by atoms with van der Waals surface area (Å²) in [6.45, 7) is 7.02. The van der Waals surface area contributed by atoms with E-state index in [1.54, 1.807) is 35.2 Å². The van der Waals surface area contributed by atoms with E-state index < -0.39 is 10.0 Å². The second-order valence-corrected chi connectivity index (χ2v) is 9.63. The van der Waals surface area contributed by atoms with Gasteiger partial charge in [0.2, 0.25) is 10.0 Å². The van der Waals surface area contributed by atoms with Gasteiger partial charge in [0.25, 0.3) is 5.91 Å². The molecule has 1 aliphatic rings. The predicted octanol–water partition coefficient (Wildman–Crippen LogP) is 3.60. The highest BCUT2D eigenvalue weighted by atomic mass is 32.2. The summed E-state index contributed by atoms with van der Waals surface area (Å²) >= 11 is 0. The number of amides is 1. The molecule has 1 amide bonds. The molecule has 0 aliphatic carbocycles. The van der Waals surface area contributed by atoms with E-state index >= 15 is 0 Å². The summed E-state index contributed by atoms with van der Waals surface area (Å²) < 4.78 is 41.0. The summed E-state index contributed by atoms with van der Waals surface area (Å²) in [7, 11) is -3.70. The summed E-state index contributed by atoms with van der Waals surface area (Å²) in [6.07, 6.45) is 1.70. The first-order valence-corrected chi connectivity index (χ1v) is 12.2. The van der Waals surface area contributed by atoms with E-state index in [1.165, 1.54) is 22.5 Å². The van der Waals surface area contributed by atoms with Crippen LogP contribution in [0, 0.1) is 5.82 Å². The van der Waals surface area contributed by atoms with Crippen LogP contribution in [-0.4, -0.2) is 62.8 Å². The molecule has 3 rings (SSSR count). The SMILES string of the molecule is CCCN(CCC)C(=O)c1cccc(S(=O)(=O)N2CCN(c3ccc(F)cc3)CC2)c1. The van der Waals surface area contributed by atoms with Crippen LogP contribution >= 0.6 is 0 Å². The van der Waals surface area contributed by atoms with Crippen molar-refractivity contribution in [2.24, 2.45) is 0 Å². The third kappa shape index (κ3) is 5.43. The Labute approximate surface area is 184 Å². The Morgan fingerprint density at radius 3 is 2.16 bits per heavy atom. The predicted molar refractivity (Wildman–Crippen MR) is 120 cm³/mol. The number of hydrogen-bond donors (Lipinski definition) is 0. The van der Waals surface area contributed by atoms with Gasteiger partial charge in [-0.2, -0.15) is 4.31 Å². The van der Waals surface area contributed by atoms with Crippen molar-refractivity contribution in [1.82, 2.24) is 9.21 Å². The van der Waals surface area contributed by atoms with Crippen LogP contribution in [0.3, 0.4) is 0 Å². The van der Waals surface area contributed by atoms with E-state index in [9.17, 15) is 17.6 Å². The molecule has 1 fully saturated rings. The summed E-state index contributed by atoms with van der Waals surface area (Å²) in [5.74, 6) is -0.433. The molecule has 0 spiro atoms. The Morgan fingerprint density at radius 1 is 0.968 bits per heavy atom. The molecule has 0 atom stereocenters. The van der Waals surface area contributed by atoms with Crippen LogP contribution in [0.1, 0.15) is 37.0 Å². The van der Waals surface area contributed by atoms with Crippen molar-refractivity contribution in [3.05, 3.63) is 59.9 Å². The van der Waals surface area contributed by atoms with Crippen LogP contribution in [0.15, 0.2) is 53.4 Å². The first-order valence-electron chi connectivity index (χ1n) is 10.8. The molecule has 1 saturated heterocycles. The molecule has 0 bridgehead atoms. The Hall–Kier alpha value is -2.45. The van der Waals surface area contributed by atoms with Gasteiger partial charge in [-0.15, -0.1) is 0 Å². The van der Waals surface area contributed by atoms with E-state index in [1.807, 2.05) is 18.7 Å². The summed E-state index contributed by atoms with van der Waals surface area (Å²) in [6, 6.07) is 12.5. The number of rotatable bonds is 8. The van der Waals surface area contributed by atoms with Crippen LogP contribution in [-0.2, 0) is 10.0 Å². The van der Waals surface area contributed by atoms with Crippen molar-refractivity contribution in [2.75, 3.05) is 44.2 Å². The number of anilines is 1. The summed E-state index contributed by atoms with van der Waals surface area (Å²) in [4.78, 5) is 16.8. The Balaban J connectivity index is 1.73. The van der Waals surface area contributed by atoms with Gasteiger partial charge >= 0.3 is 0 Å². The molecule has 0 aromatic heterocycles. The number of halogens is 1. The van der Waals surface area contributed by atoms with Gasteiger partial charge in [-0.25, -0.2) is 12.8 Å². The molecular formula is C23H30FN3O3S. The van der Waals surface area contributed by atoms with Gasteiger partial charge in [0.05, 0.1) is 4.90 Å². The molecule has 0 unspecified atom stereocenters. The lowest BCUT2D eigenvalue weighted by Gasteiger charge is -2.35. The van der Waals surface area contributed by atoms with Crippen LogP contribution < -0.4 is 4.90 Å². The summed E-state index contributed by atoms with van der Waals surface area (Å²) in [5.41, 5.74) is 1.27. The molecule has 0 N–H and O–H groups in total. The van der Waals surface area contributed by atoms with Gasteiger partial charge in [0.1, 0.15) is 5.82 Å². The number of benzene rings is 2. The highest BCUT2D eigenvalue weighted by Crippen LogP contribution is 2.22. The van der Waals surface area contributed by atoms with Crippen molar-refractivity contribution in [2.45, 2.75) is 31.6 Å². The minimum Gasteiger partial charge on any atom is -0.369 e. The van der Waals surface area contributed by atoms with Crippen LogP contribution in [0.4, 0.5) is 10.1 Å². The molecule has 0 saturated carbocycles.